The quantitative estimate of drug-likeness (QED) is 0.743. The Kier molecular flexibility index (Phi) is 4.72. The molecule has 1 heterocycles. The standard InChI is InChI=1S/C17H18N4O3/c1-13(22)15-9-5-6-10-16(15)24-12-11-20-17(23)21(19-18-20)14-7-3-2-4-8-14/h2-10,13,22H,11-12H2,1H3/t13-/m0/s1. The number of hydrogen-bond donors (Lipinski definition) is 1. The number of tetrazole rings is 1. The number of rotatable bonds is 6. The molecule has 2 aromatic carbocycles. The average molecular weight is 326 g/mol. The van der Waals surface area contributed by atoms with Gasteiger partial charge in [0.05, 0.1) is 18.3 Å². The second-order valence-corrected chi connectivity index (χ2v) is 5.29. The largest absolute Gasteiger partial charge is 0.491 e. The van der Waals surface area contributed by atoms with Gasteiger partial charge in [-0.3, -0.25) is 0 Å². The van der Waals surface area contributed by atoms with Crippen LogP contribution in [0.1, 0.15) is 18.6 Å². The number of nitrogens with zero attached hydrogens (tertiary/aromatic N) is 4. The molecule has 0 unspecified atom stereocenters. The molecule has 7 nitrogen and oxygen atoms in total. The maximum Gasteiger partial charge on any atom is 0.368 e. The molecule has 0 spiro atoms. The van der Waals surface area contributed by atoms with Gasteiger partial charge in [-0.2, -0.15) is 9.36 Å². The monoisotopic (exact) mass is 326 g/mol. The fraction of sp³-hybridized carbons (Fsp3) is 0.235. The van der Waals surface area contributed by atoms with Crippen molar-refractivity contribution in [1.29, 1.82) is 0 Å². The molecule has 3 aromatic rings. The van der Waals surface area contributed by atoms with Gasteiger partial charge in [-0.25, -0.2) is 4.79 Å². The lowest BCUT2D eigenvalue weighted by Gasteiger charge is -2.12. The lowest BCUT2D eigenvalue weighted by Crippen LogP contribution is -2.26. The molecule has 24 heavy (non-hydrogen) atoms. The Labute approximate surface area is 138 Å². The number of hydrogen-bond acceptors (Lipinski definition) is 5. The summed E-state index contributed by atoms with van der Waals surface area (Å²) in [4.78, 5) is 12.3. The normalized spacial score (nSPS) is 12.1. The summed E-state index contributed by atoms with van der Waals surface area (Å²) < 4.78 is 8.16. The fourth-order valence-corrected chi connectivity index (χ4v) is 2.34. The molecule has 0 aliphatic rings. The van der Waals surface area contributed by atoms with Gasteiger partial charge in [-0.05, 0) is 35.5 Å². The van der Waals surface area contributed by atoms with Crippen LogP contribution >= 0.6 is 0 Å². The number of aliphatic hydroxyl groups excluding tert-OH is 1. The number of aromatic nitrogens is 4. The van der Waals surface area contributed by atoms with Crippen LogP contribution in [0.2, 0.25) is 0 Å². The van der Waals surface area contributed by atoms with Crippen molar-refractivity contribution >= 4 is 0 Å². The number of aliphatic hydroxyl groups is 1. The van der Waals surface area contributed by atoms with E-state index >= 15 is 0 Å². The molecule has 1 atom stereocenters. The predicted molar refractivity (Wildman–Crippen MR) is 88.2 cm³/mol. The summed E-state index contributed by atoms with van der Waals surface area (Å²) in [5, 5.41) is 17.5. The topological polar surface area (TPSA) is 82.2 Å². The molecule has 7 heteroatoms. The van der Waals surface area contributed by atoms with E-state index in [2.05, 4.69) is 10.4 Å². The molecule has 124 valence electrons. The molecule has 3 rings (SSSR count). The van der Waals surface area contributed by atoms with Crippen molar-refractivity contribution in [3.05, 3.63) is 70.6 Å². The van der Waals surface area contributed by atoms with E-state index in [0.717, 1.165) is 0 Å². The van der Waals surface area contributed by atoms with Gasteiger partial charge in [0.2, 0.25) is 0 Å². The Morgan fingerprint density at radius 2 is 1.79 bits per heavy atom. The summed E-state index contributed by atoms with van der Waals surface area (Å²) in [5.41, 5.74) is 1.04. The van der Waals surface area contributed by atoms with Gasteiger partial charge >= 0.3 is 5.69 Å². The zero-order chi connectivity index (χ0) is 16.9. The van der Waals surface area contributed by atoms with E-state index in [1.807, 2.05) is 30.3 Å². The van der Waals surface area contributed by atoms with Gasteiger partial charge in [-0.15, -0.1) is 0 Å². The Morgan fingerprint density at radius 1 is 1.08 bits per heavy atom. The van der Waals surface area contributed by atoms with E-state index in [9.17, 15) is 9.90 Å². The van der Waals surface area contributed by atoms with Gasteiger partial charge in [0.25, 0.3) is 0 Å². The van der Waals surface area contributed by atoms with Crippen LogP contribution in [-0.4, -0.2) is 31.5 Å². The van der Waals surface area contributed by atoms with E-state index in [1.165, 1.54) is 9.36 Å². The summed E-state index contributed by atoms with van der Waals surface area (Å²) in [5.74, 6) is 0.594. The van der Waals surface area contributed by atoms with Gasteiger partial charge in [0.1, 0.15) is 12.4 Å². The minimum absolute atomic E-state index is 0.247. The summed E-state index contributed by atoms with van der Waals surface area (Å²) in [6.45, 7) is 2.19. The third-order valence-corrected chi connectivity index (χ3v) is 3.57. The molecule has 0 bridgehead atoms. The fourth-order valence-electron chi connectivity index (χ4n) is 2.34. The maximum atomic E-state index is 12.3. The smallest absolute Gasteiger partial charge is 0.368 e. The molecule has 0 radical (unpaired) electrons. The van der Waals surface area contributed by atoms with Gasteiger partial charge in [-0.1, -0.05) is 36.4 Å². The van der Waals surface area contributed by atoms with Crippen LogP contribution in [0.4, 0.5) is 0 Å². The molecule has 0 aliphatic heterocycles. The van der Waals surface area contributed by atoms with E-state index in [-0.39, 0.29) is 18.8 Å². The third kappa shape index (κ3) is 3.36. The first-order chi connectivity index (χ1) is 11.7. The van der Waals surface area contributed by atoms with Crippen molar-refractivity contribution < 1.29 is 9.84 Å². The molecule has 0 saturated heterocycles. The second kappa shape index (κ2) is 7.10. The minimum Gasteiger partial charge on any atom is -0.491 e. The Hall–Kier alpha value is -2.93. The van der Waals surface area contributed by atoms with E-state index < -0.39 is 6.10 Å². The highest BCUT2D eigenvalue weighted by Gasteiger charge is 2.10. The van der Waals surface area contributed by atoms with Crippen molar-refractivity contribution in [3.63, 3.8) is 0 Å². The summed E-state index contributed by atoms with van der Waals surface area (Å²) in [6.07, 6.45) is -0.622. The van der Waals surface area contributed by atoms with Crippen LogP contribution in [0.5, 0.6) is 5.75 Å². The molecular weight excluding hydrogens is 308 g/mol. The van der Waals surface area contributed by atoms with Crippen LogP contribution in [-0.2, 0) is 6.54 Å². The van der Waals surface area contributed by atoms with Crippen LogP contribution in [0.15, 0.2) is 59.4 Å². The van der Waals surface area contributed by atoms with Gasteiger partial charge in [0.15, 0.2) is 0 Å². The zero-order valence-electron chi connectivity index (χ0n) is 13.2. The summed E-state index contributed by atoms with van der Waals surface area (Å²) in [7, 11) is 0. The predicted octanol–water partition coefficient (Wildman–Crippen LogP) is 1.56. The van der Waals surface area contributed by atoms with Crippen molar-refractivity contribution in [2.45, 2.75) is 19.6 Å². The maximum absolute atomic E-state index is 12.3. The Bertz CT molecular complexity index is 856. The van der Waals surface area contributed by atoms with Crippen LogP contribution in [0.3, 0.4) is 0 Å². The molecule has 0 amide bonds. The molecule has 0 aliphatic carbocycles. The zero-order valence-corrected chi connectivity index (χ0v) is 13.2. The second-order valence-electron chi connectivity index (χ2n) is 5.29. The minimum atomic E-state index is -0.622. The highest BCUT2D eigenvalue weighted by atomic mass is 16.5. The Morgan fingerprint density at radius 3 is 2.54 bits per heavy atom. The first kappa shape index (κ1) is 15.9. The first-order valence-corrected chi connectivity index (χ1v) is 7.65. The lowest BCUT2D eigenvalue weighted by molar-refractivity contribution is 0.190. The van der Waals surface area contributed by atoms with Crippen molar-refractivity contribution in [2.24, 2.45) is 0 Å². The van der Waals surface area contributed by atoms with E-state index in [0.29, 0.717) is 17.0 Å². The van der Waals surface area contributed by atoms with E-state index in [1.54, 1.807) is 31.2 Å². The van der Waals surface area contributed by atoms with Crippen molar-refractivity contribution in [1.82, 2.24) is 19.8 Å². The lowest BCUT2D eigenvalue weighted by atomic mass is 10.1. The molecule has 1 aromatic heterocycles. The number of para-hydroxylation sites is 2. The van der Waals surface area contributed by atoms with Crippen molar-refractivity contribution in [2.75, 3.05) is 6.61 Å². The number of ether oxygens (including phenoxy) is 1. The van der Waals surface area contributed by atoms with Crippen LogP contribution in [0.25, 0.3) is 5.69 Å². The van der Waals surface area contributed by atoms with Gasteiger partial charge in [0, 0.05) is 5.56 Å². The summed E-state index contributed by atoms with van der Waals surface area (Å²) in [6, 6.07) is 16.4. The highest BCUT2D eigenvalue weighted by Crippen LogP contribution is 2.24. The molecule has 1 N–H and O–H groups in total. The molecular formula is C17H18N4O3. The highest BCUT2D eigenvalue weighted by molar-refractivity contribution is 5.34. The third-order valence-electron chi connectivity index (χ3n) is 3.57. The average Bonchev–Trinajstić information content (AvgIpc) is 2.97. The molecule has 0 saturated carbocycles. The SMILES string of the molecule is C[C@H](O)c1ccccc1OCCn1nnn(-c2ccccc2)c1=O. The Balaban J connectivity index is 1.69. The van der Waals surface area contributed by atoms with Crippen LogP contribution < -0.4 is 10.4 Å². The van der Waals surface area contributed by atoms with Gasteiger partial charge < -0.3 is 9.84 Å². The summed E-state index contributed by atoms with van der Waals surface area (Å²) >= 11 is 0. The van der Waals surface area contributed by atoms with E-state index in [4.69, 9.17) is 4.74 Å². The van der Waals surface area contributed by atoms with Crippen molar-refractivity contribution in [3.8, 4) is 11.4 Å². The van der Waals surface area contributed by atoms with Crippen LogP contribution in [0, 0.1) is 0 Å². The number of benzene rings is 2. The first-order valence-electron chi connectivity index (χ1n) is 7.65. The molecule has 0 fully saturated rings.